The quantitative estimate of drug-likeness (QED) is 0.0458. The Morgan fingerprint density at radius 3 is 2.59 bits per heavy atom. The number of aliphatic imine (C=N–C) groups is 1. The predicted octanol–water partition coefficient (Wildman–Crippen LogP) is 4.26. The van der Waals surface area contributed by atoms with E-state index in [0.29, 0.717) is 76.0 Å². The van der Waals surface area contributed by atoms with Crippen LogP contribution in [0.3, 0.4) is 0 Å². The molecule has 378 valence electrons. The molecular weight excluding hydrogens is 913 g/mol. The van der Waals surface area contributed by atoms with Gasteiger partial charge < -0.3 is 60.4 Å². The number of amides is 1. The molecule has 17 heteroatoms. The second-order valence-corrected chi connectivity index (χ2v) is 20.6. The molecule has 5 heterocycles. The zero-order chi connectivity index (χ0) is 50.0. The fraction of sp³-hybridized carbons (Fsp3) is 0.500. The molecule has 10 rings (SSSR count). The van der Waals surface area contributed by atoms with E-state index >= 15 is 0 Å². The zero-order valence-electron chi connectivity index (χ0n) is 40.2. The van der Waals surface area contributed by atoms with Gasteiger partial charge in [-0.2, -0.15) is 0 Å². The number of fused-ring (bicyclic) bond motifs is 4. The van der Waals surface area contributed by atoms with Gasteiger partial charge in [0, 0.05) is 66.9 Å². The van der Waals surface area contributed by atoms with Crippen molar-refractivity contribution >= 4 is 39.6 Å². The number of allylic oxidation sites excluding steroid dienone is 2. The van der Waals surface area contributed by atoms with Gasteiger partial charge in [-0.1, -0.05) is 44.4 Å². The number of aliphatic hydroxyl groups is 5. The van der Waals surface area contributed by atoms with Crippen LogP contribution >= 0.6 is 0 Å². The number of phenolic OH excluding ortho intramolecular Hbond substituents is 2. The number of nitrogens with zero attached hydrogens (tertiary/aromatic N) is 2. The molecule has 0 bridgehead atoms. The standard InChI is InChI=1S/C54H64N4O13/c1-4-41-36-14-17-56-40(36)26-58(41)46-48-32(19-38-43(62)18-29(2)69-49(38)46)20-45(54(70-48)23-31(8-10-33(54)24-55-3)39-25-57-51(66)52(39)15-6-5-7-16-52)71-68-28-53(67,50(65)47(64)44(63)27-59)22-30-9-13-42(61)35-12-11-34(60)21-37(30)35/h8-14,17-19,21,26,31,33,39,41,44-45,47,50,55,59-61,63-65,67H,4-7,15-16,20,22-25,27-28H2,1-3H3,(H,57,66)/t31-,33+,39+,41?,44-,45-,47-,50+,53+,54+/m1/s1. The third kappa shape index (κ3) is 8.33. The number of ether oxygens (including phenoxy) is 1. The lowest BCUT2D eigenvalue weighted by Crippen LogP contribution is -2.62. The number of carbonyl (C=O) groups excluding carboxylic acids is 1. The van der Waals surface area contributed by atoms with Crippen LogP contribution < -0.4 is 25.7 Å². The lowest BCUT2D eigenvalue weighted by molar-refractivity contribution is -0.376. The topological polar surface area (TPSA) is 256 Å². The molecule has 2 fully saturated rings. The van der Waals surface area contributed by atoms with E-state index in [0.717, 1.165) is 43.4 Å². The first-order chi connectivity index (χ1) is 34.1. The fourth-order valence-electron chi connectivity index (χ4n) is 12.7. The highest BCUT2D eigenvalue weighted by Crippen LogP contribution is 2.57. The predicted molar refractivity (Wildman–Crippen MR) is 264 cm³/mol. The monoisotopic (exact) mass is 976 g/mol. The third-order valence-corrected chi connectivity index (χ3v) is 16.4. The Balaban J connectivity index is 1.10. The van der Waals surface area contributed by atoms with Gasteiger partial charge in [0.2, 0.25) is 5.91 Å². The minimum Gasteiger partial charge on any atom is -0.508 e. The van der Waals surface area contributed by atoms with Crippen LogP contribution in [-0.4, -0.2) is 123 Å². The molecule has 1 aromatic heterocycles. The highest BCUT2D eigenvalue weighted by Gasteiger charge is 2.60. The SMILES string of the molecule is CCC1C2=CC=NC2=CN1c1c2c(cc3c(=O)cc(C)oc13)C[C@@H](OOC[C@@](O)(Cc1ccc(O)c3ccc(O)cc13)[C@@H](O)[C@H](O)[C@H](O)CO)[C@@]1(C[C@H]([C@@H]3CNC(=O)C34CCCCC4)C=C[C@H]1CNC)O2. The van der Waals surface area contributed by atoms with Crippen molar-refractivity contribution in [3.8, 4) is 17.2 Å². The Morgan fingerprint density at radius 1 is 1.03 bits per heavy atom. The van der Waals surface area contributed by atoms with Crippen LogP contribution in [0.4, 0.5) is 5.69 Å². The van der Waals surface area contributed by atoms with Crippen molar-refractivity contribution in [1.82, 2.24) is 10.6 Å². The molecule has 1 amide bonds. The van der Waals surface area contributed by atoms with Crippen LogP contribution in [-0.2, 0) is 27.4 Å². The Bertz CT molecular complexity index is 2910. The van der Waals surface area contributed by atoms with E-state index in [4.69, 9.17) is 18.9 Å². The summed E-state index contributed by atoms with van der Waals surface area (Å²) in [5.74, 6) is 0.124. The van der Waals surface area contributed by atoms with Crippen molar-refractivity contribution < 1.29 is 59.5 Å². The molecule has 3 aromatic carbocycles. The van der Waals surface area contributed by atoms with Crippen LogP contribution in [0.15, 0.2) is 92.4 Å². The Morgan fingerprint density at radius 2 is 1.83 bits per heavy atom. The molecule has 2 aliphatic carbocycles. The molecule has 1 unspecified atom stereocenters. The third-order valence-electron chi connectivity index (χ3n) is 16.4. The summed E-state index contributed by atoms with van der Waals surface area (Å²) < 4.78 is 14.2. The van der Waals surface area contributed by atoms with Gasteiger partial charge in [-0.15, -0.1) is 0 Å². The van der Waals surface area contributed by atoms with Crippen LogP contribution in [0.2, 0.25) is 0 Å². The van der Waals surface area contributed by atoms with Gasteiger partial charge in [-0.05, 0) is 98.8 Å². The van der Waals surface area contributed by atoms with Crippen molar-refractivity contribution in [2.24, 2.45) is 28.2 Å². The van der Waals surface area contributed by atoms with Crippen molar-refractivity contribution in [2.45, 2.75) is 113 Å². The number of rotatable bonds is 15. The average Bonchev–Trinajstić information content (AvgIpc) is 4.05. The first-order valence-corrected chi connectivity index (χ1v) is 24.9. The number of phenols is 2. The molecule has 4 aromatic rings. The minimum absolute atomic E-state index is 0.0709. The molecule has 17 nitrogen and oxygen atoms in total. The van der Waals surface area contributed by atoms with E-state index in [2.05, 4.69) is 39.6 Å². The molecule has 2 spiro atoms. The van der Waals surface area contributed by atoms with Crippen molar-refractivity contribution in [1.29, 1.82) is 0 Å². The number of anilines is 1. The highest BCUT2D eigenvalue weighted by atomic mass is 17.2. The summed E-state index contributed by atoms with van der Waals surface area (Å²) in [4.78, 5) is 47.5. The van der Waals surface area contributed by atoms with Crippen LogP contribution in [0.5, 0.6) is 17.2 Å². The summed E-state index contributed by atoms with van der Waals surface area (Å²) >= 11 is 0. The number of aryl methyl sites for hydroxylation is 1. The van der Waals surface area contributed by atoms with Crippen LogP contribution in [0, 0.1) is 30.1 Å². The molecule has 6 aliphatic rings. The van der Waals surface area contributed by atoms with E-state index in [-0.39, 0.29) is 47.1 Å². The number of hydrogen-bond acceptors (Lipinski definition) is 16. The van der Waals surface area contributed by atoms with Gasteiger partial charge in [0.1, 0.15) is 65.2 Å². The second-order valence-electron chi connectivity index (χ2n) is 20.6. The van der Waals surface area contributed by atoms with E-state index < -0.39 is 66.6 Å². The van der Waals surface area contributed by atoms with Gasteiger partial charge in [-0.25, -0.2) is 9.78 Å². The summed E-state index contributed by atoms with van der Waals surface area (Å²) in [7, 11) is 1.85. The molecule has 1 saturated carbocycles. The van der Waals surface area contributed by atoms with Gasteiger partial charge in [0.25, 0.3) is 0 Å². The smallest absolute Gasteiger partial charge is 0.226 e. The first-order valence-electron chi connectivity index (χ1n) is 24.9. The maximum Gasteiger partial charge on any atom is 0.226 e. The number of aromatic hydroxyl groups is 2. The largest absolute Gasteiger partial charge is 0.508 e. The van der Waals surface area contributed by atoms with Gasteiger partial charge in [-0.3, -0.25) is 14.6 Å². The van der Waals surface area contributed by atoms with Crippen molar-refractivity contribution in [3.63, 3.8) is 0 Å². The second kappa shape index (κ2) is 19.1. The van der Waals surface area contributed by atoms with Crippen LogP contribution in [0.1, 0.15) is 68.8 Å². The van der Waals surface area contributed by atoms with Gasteiger partial charge >= 0.3 is 0 Å². The van der Waals surface area contributed by atoms with E-state index in [9.17, 15) is 45.3 Å². The summed E-state index contributed by atoms with van der Waals surface area (Å²) in [6, 6.07) is 10.2. The average molecular weight is 977 g/mol. The van der Waals surface area contributed by atoms with Crippen molar-refractivity contribution in [2.75, 3.05) is 38.3 Å². The normalized spacial score (nSPS) is 27.6. The first kappa shape index (κ1) is 49.0. The van der Waals surface area contributed by atoms with Gasteiger partial charge in [0.05, 0.1) is 29.1 Å². The van der Waals surface area contributed by atoms with E-state index in [1.807, 2.05) is 19.3 Å². The number of hydrogen-bond donors (Lipinski definition) is 9. The molecule has 10 atom stereocenters. The molecule has 0 radical (unpaired) electrons. The number of nitrogens with one attached hydrogen (secondary N) is 2. The Kier molecular flexibility index (Phi) is 13.2. The highest BCUT2D eigenvalue weighted by molar-refractivity contribution is 5.97. The van der Waals surface area contributed by atoms with E-state index in [1.165, 1.54) is 36.4 Å². The fourth-order valence-corrected chi connectivity index (χ4v) is 12.7. The lowest BCUT2D eigenvalue weighted by atomic mass is 9.59. The van der Waals surface area contributed by atoms with E-state index in [1.54, 1.807) is 19.2 Å². The molecule has 1 saturated heterocycles. The zero-order valence-corrected chi connectivity index (χ0v) is 40.2. The summed E-state index contributed by atoms with van der Waals surface area (Å²) in [6.45, 7) is 3.01. The Hall–Kier alpha value is -5.63. The number of aliphatic hydroxyl groups excluding tert-OH is 4. The lowest BCUT2D eigenvalue weighted by Gasteiger charge is -2.52. The Labute approximate surface area is 410 Å². The maximum atomic E-state index is 14.0. The summed E-state index contributed by atoms with van der Waals surface area (Å²) in [5.41, 5.74) is -0.807. The maximum absolute atomic E-state index is 14.0. The molecular formula is C54H64N4O13. The molecule has 71 heavy (non-hydrogen) atoms. The molecule has 4 aliphatic heterocycles. The van der Waals surface area contributed by atoms with Gasteiger partial charge in [0.15, 0.2) is 16.8 Å². The minimum atomic E-state index is -2.44. The van der Waals surface area contributed by atoms with Crippen molar-refractivity contribution in [3.05, 3.63) is 105 Å². The summed E-state index contributed by atoms with van der Waals surface area (Å²) in [5, 5.41) is 84.5. The number of benzene rings is 3. The molecule has 9 N–H and O–H groups in total. The summed E-state index contributed by atoms with van der Waals surface area (Å²) in [6.07, 6.45) is 8.28. The van der Waals surface area contributed by atoms with Crippen LogP contribution in [0.25, 0.3) is 21.7 Å². The number of carbonyl (C=O) groups is 1.